The van der Waals surface area contributed by atoms with Gasteiger partial charge in [0.25, 0.3) is 0 Å². The van der Waals surface area contributed by atoms with E-state index in [9.17, 15) is 14.7 Å². The third-order valence-electron chi connectivity index (χ3n) is 6.44. The van der Waals surface area contributed by atoms with Gasteiger partial charge in [-0.1, -0.05) is 84.0 Å². The quantitative estimate of drug-likeness (QED) is 0.324. The molecule has 0 saturated heterocycles. The van der Waals surface area contributed by atoms with E-state index in [1.165, 1.54) is 6.20 Å². The molecule has 4 aromatic rings. The van der Waals surface area contributed by atoms with E-state index in [1.807, 2.05) is 78.9 Å². The third-order valence-corrected chi connectivity index (χ3v) is 6.44. The Kier molecular flexibility index (Phi) is 5.82. The summed E-state index contributed by atoms with van der Waals surface area (Å²) in [6.45, 7) is 1.81. The lowest BCUT2D eigenvalue weighted by Gasteiger charge is -2.14. The number of amides is 1. The predicted molar refractivity (Wildman–Crippen MR) is 131 cm³/mol. The molecule has 1 saturated carbocycles. The summed E-state index contributed by atoms with van der Waals surface area (Å²) in [6, 6.07) is 24.8. The van der Waals surface area contributed by atoms with E-state index in [0.29, 0.717) is 24.3 Å². The molecule has 0 bridgehead atoms. The van der Waals surface area contributed by atoms with E-state index in [-0.39, 0.29) is 0 Å². The number of rotatable bonds is 7. The number of nitrogens with one attached hydrogen (secondary N) is 1. The van der Waals surface area contributed by atoms with Gasteiger partial charge >= 0.3 is 12.1 Å². The highest BCUT2D eigenvalue weighted by atomic mass is 16.6. The van der Waals surface area contributed by atoms with Crippen LogP contribution in [0.2, 0.25) is 0 Å². The van der Waals surface area contributed by atoms with Gasteiger partial charge in [-0.15, -0.1) is 0 Å². The lowest BCUT2D eigenvalue weighted by Crippen LogP contribution is -2.19. The molecule has 7 heteroatoms. The first-order chi connectivity index (χ1) is 17.0. The minimum atomic E-state index is -0.760. The van der Waals surface area contributed by atoms with Crippen molar-refractivity contribution < 1.29 is 24.0 Å². The number of aliphatic carboxylic acids is 1. The minimum absolute atomic E-state index is 0.407. The Labute approximate surface area is 202 Å². The van der Waals surface area contributed by atoms with Gasteiger partial charge in [0.15, 0.2) is 5.76 Å². The predicted octanol–water partition coefficient (Wildman–Crippen LogP) is 6.43. The molecular weight excluding hydrogens is 444 g/mol. The van der Waals surface area contributed by atoms with E-state index >= 15 is 0 Å². The molecule has 35 heavy (non-hydrogen) atoms. The van der Waals surface area contributed by atoms with Crippen LogP contribution in [0.4, 0.5) is 10.5 Å². The van der Waals surface area contributed by atoms with Crippen molar-refractivity contribution in [1.29, 1.82) is 0 Å². The molecule has 0 radical (unpaired) electrons. The van der Waals surface area contributed by atoms with Crippen LogP contribution in [0.1, 0.15) is 37.0 Å². The summed E-state index contributed by atoms with van der Waals surface area (Å²) in [4.78, 5) is 24.0. The van der Waals surface area contributed by atoms with Gasteiger partial charge < -0.3 is 14.4 Å². The van der Waals surface area contributed by atoms with Crippen LogP contribution in [-0.4, -0.2) is 22.3 Å². The van der Waals surface area contributed by atoms with Gasteiger partial charge in [-0.25, -0.2) is 4.79 Å². The highest BCUT2D eigenvalue weighted by molar-refractivity contribution is 5.90. The first kappa shape index (κ1) is 22.4. The van der Waals surface area contributed by atoms with Crippen LogP contribution >= 0.6 is 0 Å². The highest BCUT2D eigenvalue weighted by Crippen LogP contribution is 2.48. The zero-order chi connectivity index (χ0) is 24.4. The first-order valence-corrected chi connectivity index (χ1v) is 11.4. The Morgan fingerprint density at radius 1 is 0.943 bits per heavy atom. The smallest absolute Gasteiger partial charge is 0.412 e. The number of benzene rings is 3. The second kappa shape index (κ2) is 9.10. The lowest BCUT2D eigenvalue weighted by atomic mass is 9.93. The average Bonchev–Trinajstić information content (AvgIpc) is 3.58. The van der Waals surface area contributed by atoms with Crippen LogP contribution < -0.4 is 5.32 Å². The molecule has 7 nitrogen and oxygen atoms in total. The van der Waals surface area contributed by atoms with E-state index in [4.69, 9.17) is 9.26 Å². The highest BCUT2D eigenvalue weighted by Gasteiger charge is 2.51. The Morgan fingerprint density at radius 3 is 2.14 bits per heavy atom. The summed E-state index contributed by atoms with van der Waals surface area (Å²) in [6.07, 6.45) is 1.80. The molecule has 1 amide bonds. The number of aromatic nitrogens is 1. The standard InChI is InChI=1S/C28H24N2O5/c1-18(19-5-3-2-4-6-19)34-27(33)30-24-17-29-35-25(24)22-9-7-20(8-10-22)21-11-13-23(14-12-21)28(15-16-28)26(31)32/h2-14,17-18H,15-16H2,1H3,(H,30,33)(H,31,32)/t18-/m1/s1. The molecule has 176 valence electrons. The van der Waals surface area contributed by atoms with Crippen molar-refractivity contribution in [3.05, 3.63) is 96.2 Å². The van der Waals surface area contributed by atoms with Crippen molar-refractivity contribution in [2.75, 3.05) is 5.32 Å². The van der Waals surface area contributed by atoms with Gasteiger partial charge in [-0.2, -0.15) is 0 Å². The van der Waals surface area contributed by atoms with Crippen molar-refractivity contribution in [1.82, 2.24) is 5.16 Å². The Bertz CT molecular complexity index is 1340. The van der Waals surface area contributed by atoms with Crippen molar-refractivity contribution >= 4 is 17.7 Å². The monoisotopic (exact) mass is 468 g/mol. The molecule has 1 aliphatic carbocycles. The second-order valence-electron chi connectivity index (χ2n) is 8.69. The maximum absolute atomic E-state index is 12.4. The van der Waals surface area contributed by atoms with Crippen LogP contribution in [0.5, 0.6) is 0 Å². The molecule has 1 heterocycles. The summed E-state index contributed by atoms with van der Waals surface area (Å²) in [5.41, 5.74) is 4.15. The number of hydrogen-bond donors (Lipinski definition) is 2. The molecule has 1 atom stereocenters. The Hall–Kier alpha value is -4.39. The van der Waals surface area contributed by atoms with E-state index in [1.54, 1.807) is 6.92 Å². The Morgan fingerprint density at radius 2 is 1.54 bits per heavy atom. The molecule has 1 aromatic heterocycles. The molecule has 3 aromatic carbocycles. The summed E-state index contributed by atoms with van der Waals surface area (Å²) < 4.78 is 10.9. The van der Waals surface area contributed by atoms with Crippen LogP contribution in [0.3, 0.4) is 0 Å². The van der Waals surface area contributed by atoms with Gasteiger partial charge in [-0.05, 0) is 42.0 Å². The molecular formula is C28H24N2O5. The summed E-state index contributed by atoms with van der Waals surface area (Å²) >= 11 is 0. The largest absolute Gasteiger partial charge is 0.481 e. The number of carbonyl (C=O) groups excluding carboxylic acids is 1. The normalized spacial score (nSPS) is 14.7. The number of ether oxygens (including phenoxy) is 1. The van der Waals surface area contributed by atoms with Crippen LogP contribution in [0.15, 0.2) is 89.6 Å². The number of carbonyl (C=O) groups is 2. The summed E-state index contributed by atoms with van der Waals surface area (Å²) in [7, 11) is 0. The summed E-state index contributed by atoms with van der Waals surface area (Å²) in [5, 5.41) is 16.0. The number of hydrogen-bond acceptors (Lipinski definition) is 5. The molecule has 1 fully saturated rings. The van der Waals surface area contributed by atoms with E-state index in [0.717, 1.165) is 27.8 Å². The number of anilines is 1. The van der Waals surface area contributed by atoms with Crippen molar-refractivity contribution in [2.45, 2.75) is 31.3 Å². The second-order valence-corrected chi connectivity index (χ2v) is 8.69. The fraction of sp³-hybridized carbons (Fsp3) is 0.179. The molecule has 1 aliphatic rings. The SMILES string of the molecule is C[C@@H](OC(=O)Nc1cnoc1-c1ccc(-c2ccc(C3(C(=O)O)CC3)cc2)cc1)c1ccccc1. The zero-order valence-corrected chi connectivity index (χ0v) is 19.1. The number of carboxylic acids is 1. The van der Waals surface area contributed by atoms with Crippen LogP contribution in [-0.2, 0) is 14.9 Å². The zero-order valence-electron chi connectivity index (χ0n) is 19.1. The molecule has 5 rings (SSSR count). The molecule has 2 N–H and O–H groups in total. The van der Waals surface area contributed by atoms with Gasteiger partial charge in [0.2, 0.25) is 0 Å². The van der Waals surface area contributed by atoms with Crippen LogP contribution in [0.25, 0.3) is 22.5 Å². The van der Waals surface area contributed by atoms with Gasteiger partial charge in [0, 0.05) is 5.56 Å². The molecule has 0 spiro atoms. The summed E-state index contributed by atoms with van der Waals surface area (Å²) in [5.74, 6) is -0.335. The van der Waals surface area contributed by atoms with E-state index in [2.05, 4.69) is 10.5 Å². The molecule has 0 aliphatic heterocycles. The van der Waals surface area contributed by atoms with Crippen LogP contribution in [0, 0.1) is 0 Å². The number of nitrogens with zero attached hydrogens (tertiary/aromatic N) is 1. The Balaban J connectivity index is 1.27. The van der Waals surface area contributed by atoms with Gasteiger partial charge in [0.1, 0.15) is 11.8 Å². The van der Waals surface area contributed by atoms with E-state index < -0.39 is 23.6 Å². The lowest BCUT2D eigenvalue weighted by molar-refractivity contribution is -0.140. The van der Waals surface area contributed by atoms with Crippen molar-refractivity contribution in [3.8, 4) is 22.5 Å². The maximum Gasteiger partial charge on any atom is 0.412 e. The maximum atomic E-state index is 12.4. The minimum Gasteiger partial charge on any atom is -0.481 e. The van der Waals surface area contributed by atoms with Crippen molar-refractivity contribution in [2.24, 2.45) is 0 Å². The van der Waals surface area contributed by atoms with Crippen molar-refractivity contribution in [3.63, 3.8) is 0 Å². The number of carboxylic acid groups (broad SMARTS) is 1. The molecule has 0 unspecified atom stereocenters. The third kappa shape index (κ3) is 4.53. The topological polar surface area (TPSA) is 102 Å². The fourth-order valence-electron chi connectivity index (χ4n) is 4.18. The van der Waals surface area contributed by atoms with Gasteiger partial charge in [0.05, 0.1) is 11.6 Å². The van der Waals surface area contributed by atoms with Gasteiger partial charge in [-0.3, -0.25) is 10.1 Å². The fourth-order valence-corrected chi connectivity index (χ4v) is 4.18. The first-order valence-electron chi connectivity index (χ1n) is 11.4. The average molecular weight is 469 g/mol.